The Balaban J connectivity index is 1.85. The van der Waals surface area contributed by atoms with Crippen LogP contribution in [0.4, 0.5) is 0 Å². The van der Waals surface area contributed by atoms with Crippen molar-refractivity contribution in [2.24, 2.45) is 0 Å². The van der Waals surface area contributed by atoms with E-state index >= 15 is 0 Å². The molecule has 2 aromatic carbocycles. The van der Waals surface area contributed by atoms with Gasteiger partial charge in [-0.2, -0.15) is 0 Å². The maximum absolute atomic E-state index is 5.85. The molecule has 2 atom stereocenters. The van der Waals surface area contributed by atoms with Gasteiger partial charge in [0.15, 0.2) is 0 Å². The van der Waals surface area contributed by atoms with Crippen LogP contribution in [0.2, 0.25) is 0 Å². The molecule has 0 N–H and O–H groups in total. The molecule has 1 nitrogen and oxygen atoms in total. The summed E-state index contributed by atoms with van der Waals surface area (Å²) < 4.78 is 5.85. The Labute approximate surface area is 121 Å². The molecule has 1 aliphatic heterocycles. The summed E-state index contributed by atoms with van der Waals surface area (Å²) in [7, 11) is 0. The molecule has 0 bridgehead atoms. The maximum atomic E-state index is 5.85. The van der Waals surface area contributed by atoms with E-state index in [1.165, 1.54) is 30.2 Å². The fraction of sp³-hybridized carbons (Fsp3) is 0.368. The Bertz CT molecular complexity index is 650. The van der Waals surface area contributed by atoms with Crippen LogP contribution >= 0.6 is 0 Å². The minimum absolute atomic E-state index is 0.211. The Kier molecular flexibility index (Phi) is 3.76. The van der Waals surface area contributed by atoms with Crippen LogP contribution < -0.4 is 0 Å². The van der Waals surface area contributed by atoms with Gasteiger partial charge in [0.1, 0.15) is 6.10 Å². The molecule has 102 valence electrons. The number of ether oxygens (including phenoxy) is 1. The van der Waals surface area contributed by atoms with Crippen molar-refractivity contribution in [2.75, 3.05) is 0 Å². The Hall–Kier alpha value is -1.78. The third kappa shape index (κ3) is 2.44. The fourth-order valence-corrected chi connectivity index (χ4v) is 2.92. The van der Waals surface area contributed by atoms with Gasteiger partial charge in [0.05, 0.1) is 6.10 Å². The highest BCUT2D eigenvalue weighted by Gasteiger charge is 2.40. The van der Waals surface area contributed by atoms with Crippen LogP contribution in [-0.4, -0.2) is 6.10 Å². The highest BCUT2D eigenvalue weighted by molar-refractivity contribution is 5.89. The van der Waals surface area contributed by atoms with E-state index < -0.39 is 0 Å². The summed E-state index contributed by atoms with van der Waals surface area (Å²) in [5.41, 5.74) is 2.19. The molecule has 0 spiro atoms. The van der Waals surface area contributed by atoms with Gasteiger partial charge in [-0.15, -0.1) is 6.42 Å². The van der Waals surface area contributed by atoms with Gasteiger partial charge in [-0.1, -0.05) is 68.5 Å². The summed E-state index contributed by atoms with van der Waals surface area (Å²) in [6.07, 6.45) is 11.3. The van der Waals surface area contributed by atoms with Crippen LogP contribution in [0.5, 0.6) is 0 Å². The van der Waals surface area contributed by atoms with Gasteiger partial charge in [-0.25, -0.2) is 0 Å². The lowest BCUT2D eigenvalue weighted by Gasteiger charge is -2.06. The zero-order chi connectivity index (χ0) is 13.9. The number of fused-ring (bicyclic) bond motifs is 1. The molecule has 0 radical (unpaired) electrons. The second-order valence-electron chi connectivity index (χ2n) is 5.49. The van der Waals surface area contributed by atoms with E-state index in [1.54, 1.807) is 0 Å². The predicted octanol–water partition coefficient (Wildman–Crippen LogP) is 4.84. The fourth-order valence-electron chi connectivity index (χ4n) is 2.92. The second kappa shape index (κ2) is 5.69. The smallest absolute Gasteiger partial charge is 0.110 e. The van der Waals surface area contributed by atoms with Crippen LogP contribution in [-0.2, 0) is 4.74 Å². The Morgan fingerprint density at radius 2 is 2.00 bits per heavy atom. The molecule has 2 unspecified atom stereocenters. The van der Waals surface area contributed by atoms with Crippen molar-refractivity contribution in [3.63, 3.8) is 0 Å². The molecule has 1 aliphatic rings. The third-order valence-corrected chi connectivity index (χ3v) is 4.09. The molecule has 1 saturated heterocycles. The van der Waals surface area contributed by atoms with E-state index in [2.05, 4.69) is 37.1 Å². The molecule has 1 heterocycles. The van der Waals surface area contributed by atoms with Crippen molar-refractivity contribution in [2.45, 2.75) is 44.8 Å². The zero-order valence-corrected chi connectivity index (χ0v) is 11.9. The molecule has 0 aliphatic carbocycles. The second-order valence-corrected chi connectivity index (χ2v) is 5.49. The topological polar surface area (TPSA) is 12.5 Å². The third-order valence-electron chi connectivity index (χ3n) is 4.09. The number of epoxide rings is 1. The average molecular weight is 264 g/mol. The molecule has 0 amide bonds. The first kappa shape index (κ1) is 13.2. The van der Waals surface area contributed by atoms with E-state index in [-0.39, 0.29) is 6.10 Å². The number of benzene rings is 2. The van der Waals surface area contributed by atoms with Crippen LogP contribution in [0.15, 0.2) is 36.4 Å². The summed E-state index contributed by atoms with van der Waals surface area (Å²) in [5, 5.41) is 2.36. The number of hydrogen-bond acceptors (Lipinski definition) is 1. The average Bonchev–Trinajstić information content (AvgIpc) is 3.25. The monoisotopic (exact) mass is 264 g/mol. The number of terminal acetylenes is 1. The molecule has 0 aromatic heterocycles. The van der Waals surface area contributed by atoms with Crippen molar-refractivity contribution in [3.8, 4) is 12.3 Å². The first-order valence-electron chi connectivity index (χ1n) is 7.49. The lowest BCUT2D eigenvalue weighted by molar-refractivity contribution is 0.361. The van der Waals surface area contributed by atoms with Crippen molar-refractivity contribution >= 4 is 10.8 Å². The molecular formula is C19H20O. The standard InChI is InChI=1S/C19H20O/c1-3-5-6-11-18-19(20-18)17-13-12-14-9-7-8-10-16(14)15(17)4-2/h2,7-10,12-13,18-19H,3,5-6,11H2,1H3. The lowest BCUT2D eigenvalue weighted by Crippen LogP contribution is -1.94. The van der Waals surface area contributed by atoms with E-state index in [0.29, 0.717) is 6.10 Å². The van der Waals surface area contributed by atoms with Crippen molar-refractivity contribution < 1.29 is 4.74 Å². The molecule has 20 heavy (non-hydrogen) atoms. The summed E-state index contributed by atoms with van der Waals surface area (Å²) in [6.45, 7) is 2.23. The van der Waals surface area contributed by atoms with Crippen molar-refractivity contribution in [1.82, 2.24) is 0 Å². The highest BCUT2D eigenvalue weighted by Crippen LogP contribution is 2.44. The van der Waals surface area contributed by atoms with Crippen molar-refractivity contribution in [1.29, 1.82) is 0 Å². The first-order chi connectivity index (χ1) is 9.85. The van der Waals surface area contributed by atoms with E-state index in [9.17, 15) is 0 Å². The van der Waals surface area contributed by atoms with E-state index in [0.717, 1.165) is 17.4 Å². The normalized spacial score (nSPS) is 20.8. The predicted molar refractivity (Wildman–Crippen MR) is 83.6 cm³/mol. The minimum Gasteiger partial charge on any atom is -0.364 e. The summed E-state index contributed by atoms with van der Waals surface area (Å²) in [4.78, 5) is 0. The lowest BCUT2D eigenvalue weighted by atomic mass is 9.95. The summed E-state index contributed by atoms with van der Waals surface area (Å²) in [6, 6.07) is 12.6. The van der Waals surface area contributed by atoms with E-state index in [4.69, 9.17) is 11.2 Å². The minimum atomic E-state index is 0.211. The molecule has 1 heteroatoms. The molecule has 0 saturated carbocycles. The molecule has 3 rings (SSSR count). The summed E-state index contributed by atoms with van der Waals surface area (Å²) >= 11 is 0. The van der Waals surface area contributed by atoms with Gasteiger partial charge >= 0.3 is 0 Å². The number of rotatable bonds is 5. The zero-order valence-electron chi connectivity index (χ0n) is 11.9. The maximum Gasteiger partial charge on any atom is 0.110 e. The van der Waals surface area contributed by atoms with Crippen LogP contribution in [0.3, 0.4) is 0 Å². The molecule has 1 fully saturated rings. The largest absolute Gasteiger partial charge is 0.364 e. The van der Waals surface area contributed by atoms with Gasteiger partial charge in [0.2, 0.25) is 0 Å². The SMILES string of the molecule is C#Cc1c(C2OC2CCCCC)ccc2ccccc12. The first-order valence-corrected chi connectivity index (χ1v) is 7.49. The Morgan fingerprint density at radius 1 is 1.15 bits per heavy atom. The van der Waals surface area contributed by atoms with Gasteiger partial charge in [0, 0.05) is 5.56 Å². The van der Waals surface area contributed by atoms with Gasteiger partial charge in [0.25, 0.3) is 0 Å². The number of unbranched alkanes of at least 4 members (excludes halogenated alkanes) is 2. The van der Waals surface area contributed by atoms with E-state index in [1.807, 2.05) is 12.1 Å². The number of hydrogen-bond donors (Lipinski definition) is 0. The van der Waals surface area contributed by atoms with Gasteiger partial charge in [-0.05, 0) is 22.8 Å². The van der Waals surface area contributed by atoms with Gasteiger partial charge in [-0.3, -0.25) is 0 Å². The molecular weight excluding hydrogens is 244 g/mol. The Morgan fingerprint density at radius 3 is 2.80 bits per heavy atom. The van der Waals surface area contributed by atoms with Crippen LogP contribution in [0, 0.1) is 12.3 Å². The quantitative estimate of drug-likeness (QED) is 0.427. The summed E-state index contributed by atoms with van der Waals surface area (Å²) in [5.74, 6) is 2.87. The highest BCUT2D eigenvalue weighted by atomic mass is 16.6. The molecule has 2 aromatic rings. The van der Waals surface area contributed by atoms with Crippen LogP contribution in [0.25, 0.3) is 10.8 Å². The van der Waals surface area contributed by atoms with Crippen LogP contribution in [0.1, 0.15) is 49.8 Å². The van der Waals surface area contributed by atoms with Crippen molar-refractivity contribution in [3.05, 3.63) is 47.5 Å². The van der Waals surface area contributed by atoms with Gasteiger partial charge < -0.3 is 4.74 Å².